The molecular weight excluding hydrogens is 737 g/mol. The van der Waals surface area contributed by atoms with Gasteiger partial charge in [-0.3, -0.25) is 0 Å². The van der Waals surface area contributed by atoms with Gasteiger partial charge < -0.3 is 4.74 Å². The highest BCUT2D eigenvalue weighted by Gasteiger charge is 2.45. The molecule has 0 radical (unpaired) electrons. The molecule has 0 unspecified atom stereocenters. The van der Waals surface area contributed by atoms with Crippen LogP contribution >= 0.6 is 0 Å². The monoisotopic (exact) mass is 780 g/mol. The first-order valence-corrected chi connectivity index (χ1v) is 21.5. The van der Waals surface area contributed by atoms with Crippen molar-refractivity contribution in [3.63, 3.8) is 0 Å². The van der Waals surface area contributed by atoms with Gasteiger partial charge in [-0.25, -0.2) is 0 Å². The molecule has 1 nitrogen and oxygen atoms in total. The minimum atomic E-state index is -0.206. The summed E-state index contributed by atoms with van der Waals surface area (Å²) in [6.45, 7) is 9.44. The van der Waals surface area contributed by atoms with Gasteiger partial charge in [0, 0.05) is 27.5 Å². The summed E-state index contributed by atoms with van der Waals surface area (Å²) in [6, 6.07) is 72.2. The minimum absolute atomic E-state index is 0.168. The van der Waals surface area contributed by atoms with Crippen LogP contribution in [0.4, 0.5) is 0 Å². The molecule has 61 heavy (non-hydrogen) atoms. The van der Waals surface area contributed by atoms with E-state index in [1.165, 1.54) is 97.3 Å². The Kier molecular flexibility index (Phi) is 7.69. The van der Waals surface area contributed by atoms with E-state index >= 15 is 0 Å². The van der Waals surface area contributed by atoms with Crippen molar-refractivity contribution in [3.05, 3.63) is 205 Å². The van der Waals surface area contributed by atoms with Gasteiger partial charge in [0.25, 0.3) is 0 Å². The Balaban J connectivity index is 1.24. The lowest BCUT2D eigenvalue weighted by molar-refractivity contribution is 0.306. The van der Waals surface area contributed by atoms with E-state index in [9.17, 15) is 0 Å². The van der Waals surface area contributed by atoms with Crippen molar-refractivity contribution in [2.45, 2.75) is 38.5 Å². The van der Waals surface area contributed by atoms with Gasteiger partial charge in [-0.15, -0.1) is 0 Å². The summed E-state index contributed by atoms with van der Waals surface area (Å²) in [5.41, 5.74) is 4.32. The molecule has 0 atom stereocenters. The van der Waals surface area contributed by atoms with Crippen molar-refractivity contribution in [2.75, 3.05) is 0 Å². The van der Waals surface area contributed by atoms with Gasteiger partial charge in [0.2, 0.25) is 0 Å². The van der Waals surface area contributed by atoms with Crippen molar-refractivity contribution in [3.8, 4) is 22.6 Å². The lowest BCUT2D eigenvalue weighted by Crippen LogP contribution is -2.39. The normalized spacial score (nSPS) is 14.3. The molecule has 1 aliphatic rings. The molecule has 1 aliphatic heterocycles. The summed E-state index contributed by atoms with van der Waals surface area (Å²) in [5.74, 6) is 1.87. The molecule has 0 fully saturated rings. The molecule has 1 heteroatoms. The van der Waals surface area contributed by atoms with Crippen LogP contribution in [0.2, 0.25) is 0 Å². The number of rotatable bonds is 1. The second kappa shape index (κ2) is 13.1. The Morgan fingerprint density at radius 1 is 0.279 bits per heavy atom. The van der Waals surface area contributed by atoms with Crippen molar-refractivity contribution < 1.29 is 4.74 Å². The van der Waals surface area contributed by atoms with Crippen LogP contribution in [-0.4, -0.2) is 0 Å². The van der Waals surface area contributed by atoms with Crippen LogP contribution in [0.15, 0.2) is 194 Å². The summed E-state index contributed by atoms with van der Waals surface area (Å²) in [6.07, 6.45) is 0. The Hall–Kier alpha value is -7.22. The quantitative estimate of drug-likeness (QED) is 0.161. The second-order valence-corrected chi connectivity index (χ2v) is 18.0. The zero-order chi connectivity index (χ0) is 41.0. The summed E-state index contributed by atoms with van der Waals surface area (Å²) < 4.78 is 7.07. The van der Waals surface area contributed by atoms with Crippen LogP contribution in [0, 0.1) is 0 Å². The van der Waals surface area contributed by atoms with Crippen LogP contribution < -0.4 is 4.74 Å². The predicted molar refractivity (Wildman–Crippen MR) is 262 cm³/mol. The third-order valence-electron chi connectivity index (χ3n) is 14.5. The van der Waals surface area contributed by atoms with E-state index in [4.69, 9.17) is 4.74 Å². The molecule has 0 N–H and O–H groups in total. The summed E-state index contributed by atoms with van der Waals surface area (Å²) >= 11 is 0. The van der Waals surface area contributed by atoms with Gasteiger partial charge in [-0.05, 0) is 116 Å². The number of hydrogen-bond acceptors (Lipinski definition) is 1. The van der Waals surface area contributed by atoms with Crippen molar-refractivity contribution >= 4 is 86.2 Å². The third-order valence-corrected chi connectivity index (χ3v) is 14.5. The molecular formula is C60H44O. The molecule has 0 spiro atoms. The molecule has 0 amide bonds. The molecule has 290 valence electrons. The van der Waals surface area contributed by atoms with Crippen LogP contribution in [0.1, 0.15) is 38.8 Å². The molecule has 0 bridgehead atoms. The third kappa shape index (κ3) is 5.14. The predicted octanol–water partition coefficient (Wildman–Crippen LogP) is 17.1. The Morgan fingerprint density at radius 3 is 1.05 bits per heavy atom. The largest absolute Gasteiger partial charge is 0.456 e. The first kappa shape index (κ1) is 35.7. The smallest absolute Gasteiger partial charge is 0.139 e. The molecule has 11 aromatic rings. The number of benzene rings is 9. The van der Waals surface area contributed by atoms with Gasteiger partial charge in [-0.1, -0.05) is 198 Å². The summed E-state index contributed by atoms with van der Waals surface area (Å²) in [4.78, 5) is 0. The summed E-state index contributed by atoms with van der Waals surface area (Å²) in [7, 11) is 0. The van der Waals surface area contributed by atoms with Gasteiger partial charge >= 0.3 is 0 Å². The van der Waals surface area contributed by atoms with E-state index in [0.717, 1.165) is 22.6 Å². The van der Waals surface area contributed by atoms with Gasteiger partial charge in [-0.2, -0.15) is 0 Å². The zero-order valence-electron chi connectivity index (χ0n) is 34.9. The van der Waals surface area contributed by atoms with E-state index in [1.54, 1.807) is 0 Å². The first-order chi connectivity index (χ1) is 29.8. The van der Waals surface area contributed by atoms with Crippen LogP contribution in [0.5, 0.6) is 11.5 Å². The molecule has 0 saturated carbocycles. The zero-order valence-corrected chi connectivity index (χ0v) is 34.9. The number of fused-ring (bicyclic) bond motifs is 18. The van der Waals surface area contributed by atoms with E-state index in [0.29, 0.717) is 0 Å². The molecule has 12 rings (SSSR count). The minimum Gasteiger partial charge on any atom is -0.456 e. The van der Waals surface area contributed by atoms with Gasteiger partial charge in [0.15, 0.2) is 0 Å². The number of para-hydroxylation sites is 2. The molecule has 0 aromatic heterocycles. The van der Waals surface area contributed by atoms with E-state index < -0.39 is 0 Å². The van der Waals surface area contributed by atoms with Crippen LogP contribution in [0.25, 0.3) is 97.3 Å². The van der Waals surface area contributed by atoms with Crippen molar-refractivity contribution in [1.29, 1.82) is 0 Å². The highest BCUT2D eigenvalue weighted by molar-refractivity contribution is 6.32. The Bertz CT molecular complexity index is 3740. The second-order valence-electron chi connectivity index (χ2n) is 18.0. The average molecular weight is 781 g/mol. The summed E-state index contributed by atoms with van der Waals surface area (Å²) in [5, 5.41) is 19.8. The molecule has 0 saturated heterocycles. The van der Waals surface area contributed by atoms with Crippen LogP contribution in [-0.2, 0) is 10.8 Å². The maximum Gasteiger partial charge on any atom is 0.139 e. The van der Waals surface area contributed by atoms with E-state index in [1.807, 2.05) is 0 Å². The van der Waals surface area contributed by atoms with Crippen molar-refractivity contribution in [2.24, 2.45) is 0 Å². The lowest BCUT2D eigenvalue weighted by atomic mass is 9.61. The van der Waals surface area contributed by atoms with Gasteiger partial charge in [0.1, 0.15) is 11.5 Å². The fraction of sp³-hybridized carbons (Fsp3) is 0.100. The maximum absolute atomic E-state index is 7.07. The number of hydrogen-bond donors (Lipinski definition) is 0. The Labute approximate surface area is 355 Å². The maximum atomic E-state index is 7.07. The van der Waals surface area contributed by atoms with Crippen molar-refractivity contribution in [1.82, 2.24) is 0 Å². The average Bonchev–Trinajstić information content (AvgIpc) is 3.36. The molecule has 1 heterocycles. The highest BCUT2D eigenvalue weighted by atomic mass is 16.5. The van der Waals surface area contributed by atoms with E-state index in [-0.39, 0.29) is 10.8 Å². The Morgan fingerprint density at radius 2 is 0.607 bits per heavy atom. The topological polar surface area (TPSA) is 9.23 Å². The fourth-order valence-electron chi connectivity index (χ4n) is 10.6. The first-order valence-electron chi connectivity index (χ1n) is 21.5. The molecule has 11 aromatic carbocycles. The SMILES string of the molecule is CC1(C)c2ccccc2Oc2c(-c3ccc4c5ccccc5c5cc6c7ccccc7c7ccccc7c7ccccc7c6cc5c5ccccc5c4c3)cccc2C1(C)C. The lowest BCUT2D eigenvalue weighted by Gasteiger charge is -2.41. The highest BCUT2D eigenvalue weighted by Crippen LogP contribution is 2.55. The van der Waals surface area contributed by atoms with E-state index in [2.05, 4.69) is 222 Å². The molecule has 0 aliphatic carbocycles. The fourth-order valence-corrected chi connectivity index (χ4v) is 10.6. The van der Waals surface area contributed by atoms with Gasteiger partial charge in [0.05, 0.1) is 0 Å². The van der Waals surface area contributed by atoms with Crippen LogP contribution in [0.3, 0.4) is 0 Å². The number of ether oxygens (including phenoxy) is 1. The standard InChI is InChI=1S/C60H44O/c1-59(2)55-29-15-16-31-57(55)61-58-38(28-17-30-56(58)60(59,3)4)37-32-33-49-43-22-9-12-25-46(43)53-35-51-44-23-10-7-20-41(44)39-18-5-6-19-40(39)42-21-8-11-24-45(42)52(51)36-54(53)48-27-14-13-26-47(48)50(49)34-37/h5-36H,1-4H3.